The zero-order chi connectivity index (χ0) is 19.3. The fourth-order valence-electron chi connectivity index (χ4n) is 2.96. The van der Waals surface area contributed by atoms with Crippen molar-refractivity contribution < 1.29 is 28.2 Å². The molecule has 8 heteroatoms. The van der Waals surface area contributed by atoms with Gasteiger partial charge in [-0.15, -0.1) is 0 Å². The van der Waals surface area contributed by atoms with E-state index in [0.717, 1.165) is 10.5 Å². The first-order valence-electron chi connectivity index (χ1n) is 8.56. The van der Waals surface area contributed by atoms with Gasteiger partial charge in [0.15, 0.2) is 11.5 Å². The fraction of sp³-hybridized carbons (Fsp3) is 0.611. The Bertz CT molecular complexity index is 627. The van der Waals surface area contributed by atoms with Crippen LogP contribution in [0.4, 0.5) is 13.6 Å². The van der Waals surface area contributed by atoms with Crippen LogP contribution in [0, 0.1) is 5.92 Å². The Morgan fingerprint density at radius 3 is 2.69 bits per heavy atom. The van der Waals surface area contributed by atoms with Gasteiger partial charge in [-0.3, -0.25) is 0 Å². The van der Waals surface area contributed by atoms with Gasteiger partial charge in [-0.1, -0.05) is 13.0 Å². The van der Waals surface area contributed by atoms with Crippen molar-refractivity contribution in [3.05, 3.63) is 23.8 Å². The maximum Gasteiger partial charge on any atom is 0.317 e. The molecule has 0 spiro atoms. The molecule has 1 heterocycles. The van der Waals surface area contributed by atoms with Crippen LogP contribution in [-0.4, -0.2) is 61.9 Å². The van der Waals surface area contributed by atoms with E-state index in [1.165, 1.54) is 0 Å². The summed E-state index contributed by atoms with van der Waals surface area (Å²) in [6.07, 6.45) is -1.12. The zero-order valence-electron chi connectivity index (χ0n) is 15.3. The lowest BCUT2D eigenvalue weighted by atomic mass is 10.0. The maximum absolute atomic E-state index is 13.5. The topological polar surface area (TPSA) is 71.0 Å². The number of nitrogens with one attached hydrogen (secondary N) is 1. The van der Waals surface area contributed by atoms with E-state index >= 15 is 0 Å². The minimum Gasteiger partial charge on any atom is -0.493 e. The predicted molar refractivity (Wildman–Crippen MR) is 93.0 cm³/mol. The number of aliphatic hydroxyl groups is 1. The van der Waals surface area contributed by atoms with Gasteiger partial charge in [0.25, 0.3) is 5.92 Å². The highest BCUT2D eigenvalue weighted by Gasteiger charge is 2.44. The Hall–Kier alpha value is -2.09. The molecule has 1 aromatic rings. The molecule has 0 aliphatic carbocycles. The Morgan fingerprint density at radius 1 is 1.38 bits per heavy atom. The highest BCUT2D eigenvalue weighted by molar-refractivity contribution is 5.74. The van der Waals surface area contributed by atoms with Crippen molar-refractivity contribution >= 4 is 6.03 Å². The molecule has 2 atom stereocenters. The molecule has 1 aliphatic heterocycles. The Kier molecular flexibility index (Phi) is 6.63. The minimum atomic E-state index is -3.26. The molecule has 2 amide bonds. The average molecular weight is 372 g/mol. The molecule has 0 aromatic heterocycles. The van der Waals surface area contributed by atoms with Crippen molar-refractivity contribution in [1.29, 1.82) is 0 Å². The number of piperidine rings is 1. The van der Waals surface area contributed by atoms with Crippen LogP contribution in [0.2, 0.25) is 0 Å². The van der Waals surface area contributed by atoms with Crippen LogP contribution in [0.15, 0.2) is 18.2 Å². The molecule has 1 aromatic carbocycles. The molecule has 2 N–H and O–H groups in total. The van der Waals surface area contributed by atoms with Crippen molar-refractivity contribution in [2.45, 2.75) is 31.8 Å². The average Bonchev–Trinajstić information content (AvgIpc) is 2.61. The standard InChI is InChI=1S/C18H26F2N2O4/c1-12(8-13-4-5-14(25-2)15(9-13)26-3)10-21-17(24)22-7-6-16(23)18(19,20)11-22/h4-5,9,12,16,23H,6-8,10-11H2,1-3H3,(H,21,24). The third kappa shape index (κ3) is 4.97. The minimum absolute atomic E-state index is 0.105. The van der Waals surface area contributed by atoms with Crippen LogP contribution in [0.1, 0.15) is 18.9 Å². The van der Waals surface area contributed by atoms with E-state index in [0.29, 0.717) is 24.5 Å². The van der Waals surface area contributed by atoms with Crippen LogP contribution in [0.3, 0.4) is 0 Å². The fourth-order valence-corrected chi connectivity index (χ4v) is 2.96. The summed E-state index contributed by atoms with van der Waals surface area (Å²) in [5.74, 6) is -1.88. The molecule has 6 nitrogen and oxygen atoms in total. The molecule has 1 saturated heterocycles. The summed E-state index contributed by atoms with van der Waals surface area (Å²) in [5, 5.41) is 12.0. The molecule has 1 aliphatic rings. The number of halogens is 2. The number of rotatable bonds is 6. The molecule has 1 fully saturated rings. The third-order valence-electron chi connectivity index (χ3n) is 4.48. The summed E-state index contributed by atoms with van der Waals surface area (Å²) in [6, 6.07) is 5.09. The Balaban J connectivity index is 1.85. The molecule has 0 radical (unpaired) electrons. The molecule has 0 saturated carbocycles. The van der Waals surface area contributed by atoms with Gasteiger partial charge in [-0.05, 0) is 36.5 Å². The molecule has 146 valence electrons. The highest BCUT2D eigenvalue weighted by atomic mass is 19.3. The number of alkyl halides is 2. The van der Waals surface area contributed by atoms with E-state index in [-0.39, 0.29) is 18.9 Å². The van der Waals surface area contributed by atoms with E-state index in [4.69, 9.17) is 9.47 Å². The van der Waals surface area contributed by atoms with Gasteiger partial charge in [0.1, 0.15) is 6.10 Å². The lowest BCUT2D eigenvalue weighted by molar-refractivity contribution is -0.141. The van der Waals surface area contributed by atoms with Gasteiger partial charge in [-0.2, -0.15) is 0 Å². The molecular formula is C18H26F2N2O4. The summed E-state index contributed by atoms with van der Waals surface area (Å²) in [7, 11) is 3.13. The molecule has 2 unspecified atom stereocenters. The number of carbonyl (C=O) groups excluding carboxylic acids is 1. The number of likely N-dealkylation sites (tertiary alicyclic amines) is 1. The number of carbonyl (C=O) groups is 1. The lowest BCUT2D eigenvalue weighted by Crippen LogP contribution is -2.55. The second-order valence-corrected chi connectivity index (χ2v) is 6.67. The van der Waals surface area contributed by atoms with Gasteiger partial charge in [-0.25, -0.2) is 13.6 Å². The van der Waals surface area contributed by atoms with Gasteiger partial charge < -0.3 is 24.8 Å². The first-order valence-corrected chi connectivity index (χ1v) is 8.56. The molecule has 26 heavy (non-hydrogen) atoms. The summed E-state index contributed by atoms with van der Waals surface area (Å²) < 4.78 is 37.5. The zero-order valence-corrected chi connectivity index (χ0v) is 15.3. The highest BCUT2D eigenvalue weighted by Crippen LogP contribution is 2.29. The predicted octanol–water partition coefficient (Wildman–Crippen LogP) is 2.29. The van der Waals surface area contributed by atoms with Crippen molar-refractivity contribution in [2.75, 3.05) is 33.9 Å². The summed E-state index contributed by atoms with van der Waals surface area (Å²) in [4.78, 5) is 13.1. The number of benzene rings is 1. The van der Waals surface area contributed by atoms with Gasteiger partial charge in [0, 0.05) is 13.1 Å². The summed E-state index contributed by atoms with van der Waals surface area (Å²) in [6.45, 7) is 1.68. The van der Waals surface area contributed by atoms with E-state index < -0.39 is 24.6 Å². The second-order valence-electron chi connectivity index (χ2n) is 6.67. The lowest BCUT2D eigenvalue weighted by Gasteiger charge is -2.35. The molecular weight excluding hydrogens is 346 g/mol. The Morgan fingerprint density at radius 2 is 2.08 bits per heavy atom. The van der Waals surface area contributed by atoms with Crippen LogP contribution >= 0.6 is 0 Å². The smallest absolute Gasteiger partial charge is 0.317 e. The van der Waals surface area contributed by atoms with Crippen LogP contribution in [0.5, 0.6) is 11.5 Å². The van der Waals surface area contributed by atoms with Crippen molar-refractivity contribution in [3.8, 4) is 11.5 Å². The number of amides is 2. The van der Waals surface area contributed by atoms with Gasteiger partial charge >= 0.3 is 6.03 Å². The first-order chi connectivity index (χ1) is 12.3. The van der Waals surface area contributed by atoms with E-state index in [9.17, 15) is 18.7 Å². The van der Waals surface area contributed by atoms with Crippen LogP contribution in [0.25, 0.3) is 0 Å². The number of methoxy groups -OCH3 is 2. The van der Waals surface area contributed by atoms with Crippen molar-refractivity contribution in [1.82, 2.24) is 10.2 Å². The normalized spacial score (nSPS) is 20.4. The largest absolute Gasteiger partial charge is 0.493 e. The Labute approximate surface area is 152 Å². The van der Waals surface area contributed by atoms with E-state index in [2.05, 4.69) is 5.32 Å². The SMILES string of the molecule is COc1ccc(CC(C)CNC(=O)N2CCC(O)C(F)(F)C2)cc1OC. The number of urea groups is 1. The summed E-state index contributed by atoms with van der Waals surface area (Å²) >= 11 is 0. The van der Waals surface area contributed by atoms with Crippen molar-refractivity contribution in [3.63, 3.8) is 0 Å². The van der Waals surface area contributed by atoms with E-state index in [1.807, 2.05) is 25.1 Å². The quantitative estimate of drug-likeness (QED) is 0.804. The molecule has 2 rings (SSSR count). The maximum atomic E-state index is 13.5. The molecule has 0 bridgehead atoms. The van der Waals surface area contributed by atoms with Crippen LogP contribution < -0.4 is 14.8 Å². The number of nitrogens with zero attached hydrogens (tertiary/aromatic N) is 1. The number of aliphatic hydroxyl groups excluding tert-OH is 1. The van der Waals surface area contributed by atoms with Crippen molar-refractivity contribution in [2.24, 2.45) is 5.92 Å². The van der Waals surface area contributed by atoms with Gasteiger partial charge in [0.2, 0.25) is 0 Å². The number of hydrogen-bond acceptors (Lipinski definition) is 4. The van der Waals surface area contributed by atoms with E-state index in [1.54, 1.807) is 14.2 Å². The first kappa shape index (κ1) is 20.2. The monoisotopic (exact) mass is 372 g/mol. The third-order valence-corrected chi connectivity index (χ3v) is 4.48. The second kappa shape index (κ2) is 8.53. The van der Waals surface area contributed by atoms with Gasteiger partial charge in [0.05, 0.1) is 20.8 Å². The number of hydrogen-bond donors (Lipinski definition) is 2. The van der Waals surface area contributed by atoms with Crippen LogP contribution in [-0.2, 0) is 6.42 Å². The number of ether oxygens (including phenoxy) is 2. The summed E-state index contributed by atoms with van der Waals surface area (Å²) in [5.41, 5.74) is 1.03.